The van der Waals surface area contributed by atoms with Crippen molar-refractivity contribution in [1.29, 1.82) is 0 Å². The molecule has 0 spiro atoms. The fourth-order valence-corrected chi connectivity index (χ4v) is 3.64. The van der Waals surface area contributed by atoms with Crippen molar-refractivity contribution in [3.05, 3.63) is 29.8 Å². The summed E-state index contributed by atoms with van der Waals surface area (Å²) in [6.07, 6.45) is 5.27. The van der Waals surface area contributed by atoms with Crippen LogP contribution in [-0.4, -0.2) is 25.2 Å². The molecular weight excluding hydrogens is 250 g/mol. The first kappa shape index (κ1) is 13.6. The molecule has 1 heterocycles. The third-order valence-corrected chi connectivity index (χ3v) is 4.80. The molecule has 108 valence electrons. The molecule has 1 atom stereocenters. The number of rotatable bonds is 2. The van der Waals surface area contributed by atoms with E-state index in [1.165, 1.54) is 5.56 Å². The number of nitrogens with zero attached hydrogens (tertiary/aromatic N) is 1. The summed E-state index contributed by atoms with van der Waals surface area (Å²) in [5, 5.41) is 0. The van der Waals surface area contributed by atoms with Gasteiger partial charge in [0.05, 0.1) is 6.10 Å². The monoisotopic (exact) mass is 273 g/mol. The van der Waals surface area contributed by atoms with Gasteiger partial charge < -0.3 is 9.64 Å². The largest absolute Gasteiger partial charge is 0.381 e. The van der Waals surface area contributed by atoms with Crippen molar-refractivity contribution >= 4 is 11.6 Å². The van der Waals surface area contributed by atoms with Crippen LogP contribution in [0.15, 0.2) is 24.3 Å². The quantitative estimate of drug-likeness (QED) is 0.828. The van der Waals surface area contributed by atoms with E-state index in [4.69, 9.17) is 4.74 Å². The normalized spacial score (nSPS) is 29.3. The molecule has 1 aliphatic carbocycles. The fraction of sp³-hybridized carbons (Fsp3) is 0.588. The number of para-hydroxylation sites is 1. The van der Waals surface area contributed by atoms with Crippen LogP contribution in [0.25, 0.3) is 0 Å². The number of methoxy groups -OCH3 is 1. The Hall–Kier alpha value is -1.35. The minimum absolute atomic E-state index is 0.176. The maximum atomic E-state index is 12.9. The zero-order valence-corrected chi connectivity index (χ0v) is 12.3. The summed E-state index contributed by atoms with van der Waals surface area (Å²) in [5.41, 5.74) is 2.43. The molecule has 3 heteroatoms. The van der Waals surface area contributed by atoms with Gasteiger partial charge >= 0.3 is 0 Å². The van der Waals surface area contributed by atoms with Gasteiger partial charge in [0.25, 0.3) is 0 Å². The minimum Gasteiger partial charge on any atom is -0.381 e. The van der Waals surface area contributed by atoms with Gasteiger partial charge in [0.15, 0.2) is 0 Å². The number of carbonyl (C=O) groups is 1. The highest BCUT2D eigenvalue weighted by Crippen LogP contribution is 2.36. The van der Waals surface area contributed by atoms with Gasteiger partial charge in [0.2, 0.25) is 5.91 Å². The topological polar surface area (TPSA) is 29.5 Å². The second-order valence-corrected chi connectivity index (χ2v) is 6.10. The number of amides is 1. The third-order valence-electron chi connectivity index (χ3n) is 4.80. The Morgan fingerprint density at radius 1 is 1.20 bits per heavy atom. The molecule has 3 nitrogen and oxygen atoms in total. The van der Waals surface area contributed by atoms with Crippen molar-refractivity contribution in [3.63, 3.8) is 0 Å². The van der Waals surface area contributed by atoms with Crippen molar-refractivity contribution < 1.29 is 9.53 Å². The summed E-state index contributed by atoms with van der Waals surface area (Å²) in [7, 11) is 1.77. The van der Waals surface area contributed by atoms with Crippen LogP contribution >= 0.6 is 0 Å². The highest BCUT2D eigenvalue weighted by molar-refractivity contribution is 5.97. The Balaban J connectivity index is 1.75. The number of ether oxygens (including phenoxy) is 1. The molecule has 1 unspecified atom stereocenters. The third kappa shape index (κ3) is 2.35. The molecule has 0 saturated heterocycles. The van der Waals surface area contributed by atoms with E-state index in [0.29, 0.717) is 18.1 Å². The van der Waals surface area contributed by atoms with Gasteiger partial charge in [-0.3, -0.25) is 4.79 Å². The van der Waals surface area contributed by atoms with Crippen molar-refractivity contribution in [2.45, 2.75) is 51.2 Å². The second-order valence-electron chi connectivity index (χ2n) is 6.10. The SMILES string of the molecule is COC1CCC(C(=O)N2c3ccccc3CC2C)CC1. The standard InChI is InChI=1S/C17H23NO2/c1-12-11-14-5-3-4-6-16(14)18(12)17(19)13-7-9-15(20-2)10-8-13/h3-6,12-13,15H,7-11H2,1-2H3. The van der Waals surface area contributed by atoms with Gasteiger partial charge in [-0.05, 0) is 50.7 Å². The van der Waals surface area contributed by atoms with Crippen molar-refractivity contribution in [2.75, 3.05) is 12.0 Å². The molecule has 1 saturated carbocycles. The van der Waals surface area contributed by atoms with Crippen LogP contribution in [-0.2, 0) is 16.0 Å². The molecule has 0 aromatic heterocycles. The highest BCUT2D eigenvalue weighted by atomic mass is 16.5. The average molecular weight is 273 g/mol. The molecule has 1 aliphatic heterocycles. The van der Waals surface area contributed by atoms with Crippen molar-refractivity contribution in [2.24, 2.45) is 5.92 Å². The van der Waals surface area contributed by atoms with Crippen molar-refractivity contribution in [1.82, 2.24) is 0 Å². The molecule has 3 rings (SSSR count). The Labute approximate surface area is 120 Å². The second kappa shape index (κ2) is 5.57. The Kier molecular flexibility index (Phi) is 3.79. The van der Waals surface area contributed by atoms with E-state index in [9.17, 15) is 4.79 Å². The zero-order chi connectivity index (χ0) is 14.1. The van der Waals surface area contributed by atoms with E-state index in [-0.39, 0.29) is 5.92 Å². The number of hydrogen-bond donors (Lipinski definition) is 0. The molecule has 0 radical (unpaired) electrons. The first-order valence-electron chi connectivity index (χ1n) is 7.64. The first-order valence-corrected chi connectivity index (χ1v) is 7.64. The van der Waals surface area contributed by atoms with Crippen LogP contribution < -0.4 is 4.90 Å². The number of benzene rings is 1. The number of hydrogen-bond acceptors (Lipinski definition) is 2. The molecule has 0 N–H and O–H groups in total. The van der Waals surface area contributed by atoms with Crippen LogP contribution in [0, 0.1) is 5.92 Å². The van der Waals surface area contributed by atoms with Gasteiger partial charge in [-0.25, -0.2) is 0 Å². The molecule has 0 bridgehead atoms. The number of anilines is 1. The highest BCUT2D eigenvalue weighted by Gasteiger charge is 2.36. The van der Waals surface area contributed by atoms with E-state index < -0.39 is 0 Å². The van der Waals surface area contributed by atoms with Gasteiger partial charge in [-0.15, -0.1) is 0 Å². The average Bonchev–Trinajstić information content (AvgIpc) is 2.82. The Morgan fingerprint density at radius 3 is 2.60 bits per heavy atom. The number of fused-ring (bicyclic) bond motifs is 1. The summed E-state index contributed by atoms with van der Waals surface area (Å²) in [6, 6.07) is 8.60. The molecule has 2 aliphatic rings. The lowest BCUT2D eigenvalue weighted by molar-refractivity contribution is -0.124. The van der Waals surface area contributed by atoms with Crippen LogP contribution in [0.3, 0.4) is 0 Å². The van der Waals surface area contributed by atoms with Gasteiger partial charge in [0, 0.05) is 24.8 Å². The maximum absolute atomic E-state index is 12.9. The lowest BCUT2D eigenvalue weighted by Gasteiger charge is -2.32. The predicted molar refractivity (Wildman–Crippen MR) is 79.8 cm³/mol. The van der Waals surface area contributed by atoms with Gasteiger partial charge in [-0.2, -0.15) is 0 Å². The van der Waals surface area contributed by atoms with Crippen molar-refractivity contribution in [3.8, 4) is 0 Å². The Morgan fingerprint density at radius 2 is 1.90 bits per heavy atom. The molecule has 1 aromatic rings. The fourth-order valence-electron chi connectivity index (χ4n) is 3.64. The summed E-state index contributed by atoms with van der Waals surface area (Å²) >= 11 is 0. The lowest BCUT2D eigenvalue weighted by atomic mass is 9.86. The zero-order valence-electron chi connectivity index (χ0n) is 12.3. The predicted octanol–water partition coefficient (Wildman–Crippen LogP) is 3.17. The molecular formula is C17H23NO2. The summed E-state index contributed by atoms with van der Waals surface area (Å²) in [5.74, 6) is 0.493. The molecule has 1 fully saturated rings. The molecule has 1 amide bonds. The van der Waals surface area contributed by atoms with E-state index in [1.807, 2.05) is 11.0 Å². The summed E-state index contributed by atoms with van der Waals surface area (Å²) in [4.78, 5) is 14.9. The first-order chi connectivity index (χ1) is 9.70. The minimum atomic E-state index is 0.176. The van der Waals surface area contributed by atoms with Crippen LogP contribution in [0.5, 0.6) is 0 Å². The lowest BCUT2D eigenvalue weighted by Crippen LogP contribution is -2.41. The molecule has 20 heavy (non-hydrogen) atoms. The smallest absolute Gasteiger partial charge is 0.230 e. The van der Waals surface area contributed by atoms with Crippen LogP contribution in [0.1, 0.15) is 38.2 Å². The van der Waals surface area contributed by atoms with E-state index in [0.717, 1.165) is 37.8 Å². The van der Waals surface area contributed by atoms with E-state index in [1.54, 1.807) is 7.11 Å². The number of carbonyl (C=O) groups excluding carboxylic acids is 1. The van der Waals surface area contributed by atoms with Crippen LogP contribution in [0.2, 0.25) is 0 Å². The van der Waals surface area contributed by atoms with Crippen LogP contribution in [0.4, 0.5) is 5.69 Å². The van der Waals surface area contributed by atoms with E-state index in [2.05, 4.69) is 25.1 Å². The maximum Gasteiger partial charge on any atom is 0.230 e. The summed E-state index contributed by atoms with van der Waals surface area (Å²) < 4.78 is 5.40. The van der Waals surface area contributed by atoms with Gasteiger partial charge in [-0.1, -0.05) is 18.2 Å². The van der Waals surface area contributed by atoms with E-state index >= 15 is 0 Å². The Bertz CT molecular complexity index is 492. The summed E-state index contributed by atoms with van der Waals surface area (Å²) in [6.45, 7) is 2.15. The molecule has 1 aromatic carbocycles. The van der Waals surface area contributed by atoms with Gasteiger partial charge in [0.1, 0.15) is 0 Å².